The molecule has 0 heterocycles. The maximum absolute atomic E-state index is 13.6. The lowest BCUT2D eigenvalue weighted by Crippen LogP contribution is -2.20. The standard InChI is InChI=1S/C18H14Cl2FNO3/c1-11-5-7-16(15(21)9-11)22-17(23)10-25-18(24)8-6-12-13(19)3-2-4-14(12)20/h2-9H,10H2,1H3,(H,22,23)/b8-6+. The van der Waals surface area contributed by atoms with Crippen LogP contribution in [0.1, 0.15) is 11.1 Å². The topological polar surface area (TPSA) is 55.4 Å². The number of amides is 1. The average Bonchev–Trinajstić information content (AvgIpc) is 2.55. The first kappa shape index (κ1) is 19.0. The van der Waals surface area contributed by atoms with Crippen LogP contribution in [0.4, 0.5) is 10.1 Å². The molecule has 130 valence electrons. The molecule has 4 nitrogen and oxygen atoms in total. The molecule has 2 aromatic rings. The molecule has 0 radical (unpaired) electrons. The quantitative estimate of drug-likeness (QED) is 0.606. The number of hydrogen-bond acceptors (Lipinski definition) is 3. The normalized spacial score (nSPS) is 10.7. The van der Waals surface area contributed by atoms with Crippen LogP contribution in [0.15, 0.2) is 42.5 Å². The van der Waals surface area contributed by atoms with Gasteiger partial charge in [0.25, 0.3) is 5.91 Å². The summed E-state index contributed by atoms with van der Waals surface area (Å²) < 4.78 is 18.4. The molecule has 7 heteroatoms. The lowest BCUT2D eigenvalue weighted by atomic mass is 10.2. The van der Waals surface area contributed by atoms with E-state index in [1.165, 1.54) is 18.2 Å². The van der Waals surface area contributed by atoms with Crippen molar-refractivity contribution in [2.75, 3.05) is 11.9 Å². The van der Waals surface area contributed by atoms with E-state index in [-0.39, 0.29) is 5.69 Å². The van der Waals surface area contributed by atoms with Gasteiger partial charge < -0.3 is 10.1 Å². The molecule has 0 aliphatic rings. The Balaban J connectivity index is 1.89. The summed E-state index contributed by atoms with van der Waals surface area (Å²) in [5.74, 6) is -1.97. The molecule has 0 aliphatic heterocycles. The molecule has 0 atom stereocenters. The highest BCUT2D eigenvalue weighted by atomic mass is 35.5. The van der Waals surface area contributed by atoms with Gasteiger partial charge in [0.15, 0.2) is 6.61 Å². The van der Waals surface area contributed by atoms with Gasteiger partial charge in [0.05, 0.1) is 5.69 Å². The predicted octanol–water partition coefficient (Wildman–Crippen LogP) is 4.64. The summed E-state index contributed by atoms with van der Waals surface area (Å²) in [6.45, 7) is 1.18. The van der Waals surface area contributed by atoms with Crippen molar-refractivity contribution in [1.82, 2.24) is 0 Å². The second-order valence-electron chi connectivity index (χ2n) is 5.11. The van der Waals surface area contributed by atoms with Crippen LogP contribution in [0.2, 0.25) is 10.0 Å². The van der Waals surface area contributed by atoms with E-state index in [1.54, 1.807) is 31.2 Å². The third kappa shape index (κ3) is 5.59. The fraction of sp³-hybridized carbons (Fsp3) is 0.111. The van der Waals surface area contributed by atoms with E-state index < -0.39 is 24.3 Å². The zero-order valence-corrected chi connectivity index (χ0v) is 14.7. The van der Waals surface area contributed by atoms with E-state index in [0.717, 1.165) is 11.6 Å². The number of nitrogens with one attached hydrogen (secondary N) is 1. The Kier molecular flexibility index (Phi) is 6.56. The summed E-state index contributed by atoms with van der Waals surface area (Å²) in [5.41, 5.74) is 1.21. The van der Waals surface area contributed by atoms with E-state index in [9.17, 15) is 14.0 Å². The summed E-state index contributed by atoms with van der Waals surface area (Å²) in [6.07, 6.45) is 2.50. The number of aryl methyl sites for hydroxylation is 1. The monoisotopic (exact) mass is 381 g/mol. The first-order chi connectivity index (χ1) is 11.9. The van der Waals surface area contributed by atoms with Gasteiger partial charge in [-0.25, -0.2) is 9.18 Å². The zero-order chi connectivity index (χ0) is 18.4. The van der Waals surface area contributed by atoms with Gasteiger partial charge in [0, 0.05) is 21.7 Å². The second kappa shape index (κ2) is 8.65. The minimum Gasteiger partial charge on any atom is -0.452 e. The number of halogens is 3. The number of hydrogen-bond donors (Lipinski definition) is 1. The highest BCUT2D eigenvalue weighted by molar-refractivity contribution is 6.37. The van der Waals surface area contributed by atoms with Crippen LogP contribution in [-0.4, -0.2) is 18.5 Å². The first-order valence-corrected chi connectivity index (χ1v) is 7.97. The van der Waals surface area contributed by atoms with E-state index in [2.05, 4.69) is 5.32 Å². The number of benzene rings is 2. The van der Waals surface area contributed by atoms with Crippen LogP contribution in [0.25, 0.3) is 6.08 Å². The zero-order valence-electron chi connectivity index (χ0n) is 13.2. The number of carbonyl (C=O) groups is 2. The van der Waals surface area contributed by atoms with Crippen molar-refractivity contribution < 1.29 is 18.7 Å². The SMILES string of the molecule is Cc1ccc(NC(=O)COC(=O)/C=C/c2c(Cl)cccc2Cl)c(F)c1. The Labute approximate surface area is 154 Å². The van der Waals surface area contributed by atoms with Crippen molar-refractivity contribution in [3.05, 3.63) is 69.5 Å². The van der Waals surface area contributed by atoms with Gasteiger partial charge in [-0.1, -0.05) is 35.3 Å². The summed E-state index contributed by atoms with van der Waals surface area (Å²) in [5, 5.41) is 3.08. The summed E-state index contributed by atoms with van der Waals surface area (Å²) in [4.78, 5) is 23.4. The molecule has 0 bridgehead atoms. The van der Waals surface area contributed by atoms with Crippen LogP contribution in [-0.2, 0) is 14.3 Å². The maximum atomic E-state index is 13.6. The van der Waals surface area contributed by atoms with Gasteiger partial charge in [-0.2, -0.15) is 0 Å². The van der Waals surface area contributed by atoms with Crippen LogP contribution >= 0.6 is 23.2 Å². The number of anilines is 1. The summed E-state index contributed by atoms with van der Waals surface area (Å²) >= 11 is 11.9. The maximum Gasteiger partial charge on any atom is 0.331 e. The molecule has 2 aromatic carbocycles. The van der Waals surface area contributed by atoms with Crippen molar-refractivity contribution in [2.45, 2.75) is 6.92 Å². The molecule has 0 saturated carbocycles. The molecule has 0 fully saturated rings. The lowest BCUT2D eigenvalue weighted by molar-refractivity contribution is -0.142. The molecule has 2 rings (SSSR count). The lowest BCUT2D eigenvalue weighted by Gasteiger charge is -2.07. The van der Waals surface area contributed by atoms with Crippen LogP contribution in [0.5, 0.6) is 0 Å². The number of ether oxygens (including phenoxy) is 1. The average molecular weight is 382 g/mol. The highest BCUT2D eigenvalue weighted by Gasteiger charge is 2.09. The smallest absolute Gasteiger partial charge is 0.331 e. The van der Waals surface area contributed by atoms with Crippen LogP contribution in [0, 0.1) is 12.7 Å². The van der Waals surface area contributed by atoms with Gasteiger partial charge in [0.2, 0.25) is 0 Å². The van der Waals surface area contributed by atoms with Gasteiger partial charge in [-0.15, -0.1) is 0 Å². The Bertz CT molecular complexity index is 817. The van der Waals surface area contributed by atoms with Gasteiger partial charge in [0.1, 0.15) is 5.82 Å². The Morgan fingerprint density at radius 2 is 1.88 bits per heavy atom. The fourth-order valence-corrected chi connectivity index (χ4v) is 2.44. The van der Waals surface area contributed by atoms with Crippen molar-refractivity contribution in [3.8, 4) is 0 Å². The van der Waals surface area contributed by atoms with E-state index in [4.69, 9.17) is 27.9 Å². The van der Waals surface area contributed by atoms with Crippen molar-refractivity contribution >= 4 is 46.8 Å². The Morgan fingerprint density at radius 3 is 2.52 bits per heavy atom. The molecule has 25 heavy (non-hydrogen) atoms. The number of carbonyl (C=O) groups excluding carboxylic acids is 2. The molecule has 0 unspecified atom stereocenters. The Morgan fingerprint density at radius 1 is 1.20 bits per heavy atom. The van der Waals surface area contributed by atoms with Crippen molar-refractivity contribution in [1.29, 1.82) is 0 Å². The van der Waals surface area contributed by atoms with Crippen molar-refractivity contribution in [2.24, 2.45) is 0 Å². The van der Waals surface area contributed by atoms with Crippen molar-refractivity contribution in [3.63, 3.8) is 0 Å². The molecule has 1 N–H and O–H groups in total. The second-order valence-corrected chi connectivity index (χ2v) is 5.92. The third-order valence-corrected chi connectivity index (χ3v) is 3.79. The molecule has 0 saturated heterocycles. The highest BCUT2D eigenvalue weighted by Crippen LogP contribution is 2.25. The minimum absolute atomic E-state index is 0.0186. The predicted molar refractivity (Wildman–Crippen MR) is 96.2 cm³/mol. The number of esters is 1. The Hall–Kier alpha value is -2.37. The van der Waals surface area contributed by atoms with Crippen LogP contribution in [0.3, 0.4) is 0 Å². The van der Waals surface area contributed by atoms with E-state index in [1.807, 2.05) is 0 Å². The largest absolute Gasteiger partial charge is 0.452 e. The van der Waals surface area contributed by atoms with Gasteiger partial charge in [-0.3, -0.25) is 4.79 Å². The van der Waals surface area contributed by atoms with Crippen LogP contribution < -0.4 is 5.32 Å². The summed E-state index contributed by atoms with van der Waals surface area (Å²) in [7, 11) is 0. The van der Waals surface area contributed by atoms with E-state index >= 15 is 0 Å². The molecule has 0 aliphatic carbocycles. The number of rotatable bonds is 5. The molecule has 0 aromatic heterocycles. The minimum atomic E-state index is -0.754. The summed E-state index contributed by atoms with van der Waals surface area (Å²) in [6, 6.07) is 9.31. The molecule has 0 spiro atoms. The molecular formula is C18H14Cl2FNO3. The van der Waals surface area contributed by atoms with E-state index in [0.29, 0.717) is 15.6 Å². The molecular weight excluding hydrogens is 368 g/mol. The first-order valence-electron chi connectivity index (χ1n) is 7.21. The fourth-order valence-electron chi connectivity index (χ4n) is 1.91. The van der Waals surface area contributed by atoms with Gasteiger partial charge in [-0.05, 0) is 42.8 Å². The molecule has 1 amide bonds. The third-order valence-electron chi connectivity index (χ3n) is 3.13. The van der Waals surface area contributed by atoms with Gasteiger partial charge >= 0.3 is 5.97 Å².